The van der Waals surface area contributed by atoms with Crippen molar-refractivity contribution in [1.29, 1.82) is 0 Å². The van der Waals surface area contributed by atoms with Gasteiger partial charge in [0.05, 0.1) is 20.7 Å². The summed E-state index contributed by atoms with van der Waals surface area (Å²) >= 11 is 0. The molecule has 0 spiro atoms. The fraction of sp³-hybridized carbons (Fsp3) is 0.0625. The maximum atomic E-state index is 12.8. The second-order valence-corrected chi connectivity index (χ2v) is 7.06. The van der Waals surface area contributed by atoms with Gasteiger partial charge in [0.1, 0.15) is 0 Å². The van der Waals surface area contributed by atoms with Crippen LogP contribution >= 0.6 is 0 Å². The summed E-state index contributed by atoms with van der Waals surface area (Å²) in [5.41, 5.74) is 0.628. The minimum absolute atomic E-state index is 0.00758. The van der Waals surface area contributed by atoms with E-state index in [0.717, 1.165) is 15.7 Å². The predicted octanol–water partition coefficient (Wildman–Crippen LogP) is 2.91. The van der Waals surface area contributed by atoms with Crippen LogP contribution in [0, 0.1) is 17.0 Å². The van der Waals surface area contributed by atoms with E-state index in [4.69, 9.17) is 0 Å². The molecule has 0 amide bonds. The largest absolute Gasteiger partial charge is 0.298 e. The minimum Gasteiger partial charge on any atom is -0.298 e. The fourth-order valence-electron chi connectivity index (χ4n) is 2.53. The van der Waals surface area contributed by atoms with Gasteiger partial charge in [-0.2, -0.15) is 0 Å². The lowest BCUT2D eigenvalue weighted by atomic mass is 10.1. The number of carbonyl (C=O) groups is 1. The molecule has 0 aliphatic heterocycles. The quantitative estimate of drug-likeness (QED) is 0.411. The Morgan fingerprint density at radius 2 is 1.79 bits per heavy atom. The van der Waals surface area contributed by atoms with E-state index < -0.39 is 14.9 Å². The minimum atomic E-state index is -3.98. The Labute approximate surface area is 137 Å². The highest BCUT2D eigenvalue weighted by molar-refractivity contribution is 7.90. The number of fused-ring (bicyclic) bond motifs is 1. The van der Waals surface area contributed by atoms with Gasteiger partial charge in [-0.15, -0.1) is 0 Å². The van der Waals surface area contributed by atoms with Crippen LogP contribution in [0.3, 0.4) is 0 Å². The molecule has 0 aliphatic carbocycles. The molecule has 3 rings (SSSR count). The van der Waals surface area contributed by atoms with E-state index in [-0.39, 0.29) is 27.0 Å². The molecule has 1 aromatic heterocycles. The Morgan fingerprint density at radius 3 is 2.38 bits per heavy atom. The Morgan fingerprint density at radius 1 is 1.12 bits per heavy atom. The molecule has 3 aromatic rings. The summed E-state index contributed by atoms with van der Waals surface area (Å²) in [6.45, 7) is 1.83. The third kappa shape index (κ3) is 2.37. The van der Waals surface area contributed by atoms with Crippen LogP contribution in [0.4, 0.5) is 5.69 Å². The number of carbonyl (C=O) groups excluding carboxylic acids is 1. The number of aromatic nitrogens is 1. The number of rotatable bonds is 4. The summed E-state index contributed by atoms with van der Waals surface area (Å²) in [6, 6.07) is 10.3. The van der Waals surface area contributed by atoms with Gasteiger partial charge in [-0.1, -0.05) is 23.8 Å². The average Bonchev–Trinajstić information content (AvgIpc) is 2.94. The smallest absolute Gasteiger partial charge is 0.279 e. The van der Waals surface area contributed by atoms with Gasteiger partial charge in [-0.25, -0.2) is 12.4 Å². The van der Waals surface area contributed by atoms with Gasteiger partial charge < -0.3 is 0 Å². The van der Waals surface area contributed by atoms with Crippen LogP contribution in [-0.4, -0.2) is 23.6 Å². The lowest BCUT2D eigenvalue weighted by molar-refractivity contribution is -0.383. The standard InChI is InChI=1S/C16H12N2O5S/c1-11-5-7-13(8-6-11)24(22,23)17-9-12(10-19)16-14(17)3-2-4-15(16)18(20)21/h2-10H,1H3. The second-order valence-electron chi connectivity index (χ2n) is 5.24. The number of non-ortho nitro benzene ring substituents is 1. The highest BCUT2D eigenvalue weighted by Gasteiger charge is 2.25. The van der Waals surface area contributed by atoms with Crippen molar-refractivity contribution in [3.05, 3.63) is 69.9 Å². The second kappa shape index (κ2) is 5.57. The molecule has 0 radical (unpaired) electrons. The zero-order valence-corrected chi connectivity index (χ0v) is 13.4. The van der Waals surface area contributed by atoms with Gasteiger partial charge in [-0.05, 0) is 25.1 Å². The fourth-order valence-corrected chi connectivity index (χ4v) is 3.90. The van der Waals surface area contributed by atoms with Crippen LogP contribution in [0.1, 0.15) is 15.9 Å². The van der Waals surface area contributed by atoms with E-state index in [9.17, 15) is 23.3 Å². The van der Waals surface area contributed by atoms with Gasteiger partial charge in [0.2, 0.25) is 0 Å². The number of aryl methyl sites for hydroxylation is 1. The lowest BCUT2D eigenvalue weighted by Crippen LogP contribution is -2.11. The van der Waals surface area contributed by atoms with E-state index in [1.807, 2.05) is 6.92 Å². The molecule has 0 fully saturated rings. The number of benzene rings is 2. The Bertz CT molecular complexity index is 1070. The van der Waals surface area contributed by atoms with Crippen LogP contribution < -0.4 is 0 Å². The molecule has 0 unspecified atom stereocenters. The summed E-state index contributed by atoms with van der Waals surface area (Å²) in [7, 11) is -3.98. The summed E-state index contributed by atoms with van der Waals surface area (Å²) in [5.74, 6) is 0. The zero-order chi connectivity index (χ0) is 17.5. The van der Waals surface area contributed by atoms with Crippen molar-refractivity contribution in [2.75, 3.05) is 0 Å². The summed E-state index contributed by atoms with van der Waals surface area (Å²) in [5, 5.41) is 11.2. The van der Waals surface area contributed by atoms with Crippen molar-refractivity contribution in [2.45, 2.75) is 11.8 Å². The summed E-state index contributed by atoms with van der Waals surface area (Å²) in [4.78, 5) is 21.9. The lowest BCUT2D eigenvalue weighted by Gasteiger charge is -2.07. The number of hydrogen-bond acceptors (Lipinski definition) is 5. The third-order valence-electron chi connectivity index (χ3n) is 3.70. The van der Waals surface area contributed by atoms with Gasteiger partial charge in [0.15, 0.2) is 6.29 Å². The Kier molecular flexibility index (Phi) is 3.69. The molecule has 2 aromatic carbocycles. The Balaban J connectivity index is 2.35. The van der Waals surface area contributed by atoms with Crippen LogP contribution in [0.5, 0.6) is 0 Å². The molecule has 7 nitrogen and oxygen atoms in total. The molecule has 0 N–H and O–H groups in total. The van der Waals surface area contributed by atoms with E-state index in [2.05, 4.69) is 0 Å². The van der Waals surface area contributed by atoms with Gasteiger partial charge in [0.25, 0.3) is 15.7 Å². The first-order valence-electron chi connectivity index (χ1n) is 6.92. The maximum absolute atomic E-state index is 12.8. The molecular formula is C16H12N2O5S. The van der Waals surface area contributed by atoms with E-state index in [0.29, 0.717) is 6.29 Å². The number of nitrogens with zero attached hydrogens (tertiary/aromatic N) is 2. The van der Waals surface area contributed by atoms with Crippen LogP contribution in [0.2, 0.25) is 0 Å². The molecule has 122 valence electrons. The van der Waals surface area contributed by atoms with Gasteiger partial charge in [-0.3, -0.25) is 14.9 Å². The highest BCUT2D eigenvalue weighted by atomic mass is 32.2. The van der Waals surface area contributed by atoms with Crippen molar-refractivity contribution >= 4 is 32.9 Å². The van der Waals surface area contributed by atoms with Crippen LogP contribution in [-0.2, 0) is 10.0 Å². The normalized spacial score (nSPS) is 11.5. The SMILES string of the molecule is Cc1ccc(S(=O)(=O)n2cc(C=O)c3c([N+](=O)[O-])cccc32)cc1. The van der Waals surface area contributed by atoms with Crippen molar-refractivity contribution in [2.24, 2.45) is 0 Å². The molecule has 0 bridgehead atoms. The van der Waals surface area contributed by atoms with Gasteiger partial charge >= 0.3 is 0 Å². The first-order chi connectivity index (χ1) is 11.4. The number of nitro groups is 1. The third-order valence-corrected chi connectivity index (χ3v) is 5.39. The molecule has 1 heterocycles. The molecule has 0 atom stereocenters. The highest BCUT2D eigenvalue weighted by Crippen LogP contribution is 2.32. The molecule has 0 saturated carbocycles. The molecule has 8 heteroatoms. The van der Waals surface area contributed by atoms with E-state index in [1.54, 1.807) is 12.1 Å². The predicted molar refractivity (Wildman–Crippen MR) is 87.7 cm³/mol. The van der Waals surface area contributed by atoms with Crippen LogP contribution in [0.25, 0.3) is 10.9 Å². The molecular weight excluding hydrogens is 332 g/mol. The first kappa shape index (κ1) is 15.9. The van der Waals surface area contributed by atoms with Crippen molar-refractivity contribution < 1.29 is 18.1 Å². The van der Waals surface area contributed by atoms with E-state index >= 15 is 0 Å². The molecule has 0 aliphatic rings. The monoisotopic (exact) mass is 344 g/mol. The number of aldehydes is 1. The van der Waals surface area contributed by atoms with Gasteiger partial charge in [0, 0.05) is 17.8 Å². The van der Waals surface area contributed by atoms with Crippen LogP contribution in [0.15, 0.2) is 53.6 Å². The van der Waals surface area contributed by atoms with Crippen molar-refractivity contribution in [1.82, 2.24) is 3.97 Å². The van der Waals surface area contributed by atoms with Crippen molar-refractivity contribution in [3.8, 4) is 0 Å². The zero-order valence-electron chi connectivity index (χ0n) is 12.5. The number of hydrogen-bond donors (Lipinski definition) is 0. The molecule has 24 heavy (non-hydrogen) atoms. The van der Waals surface area contributed by atoms with Crippen molar-refractivity contribution in [3.63, 3.8) is 0 Å². The topological polar surface area (TPSA) is 99.3 Å². The van der Waals surface area contributed by atoms with E-state index in [1.165, 1.54) is 30.3 Å². The Hall–Kier alpha value is -3.00. The number of nitro benzene ring substituents is 1. The maximum Gasteiger partial charge on any atom is 0.279 e. The first-order valence-corrected chi connectivity index (χ1v) is 8.36. The average molecular weight is 344 g/mol. The molecule has 0 saturated heterocycles. The summed E-state index contributed by atoms with van der Waals surface area (Å²) in [6.07, 6.45) is 1.52. The summed E-state index contributed by atoms with van der Waals surface area (Å²) < 4.78 is 26.6.